The normalized spacial score (nSPS) is 12.9. The molecule has 1 unspecified atom stereocenters. The summed E-state index contributed by atoms with van der Waals surface area (Å²) in [6.07, 6.45) is 2.16. The molecule has 0 aliphatic heterocycles. The van der Waals surface area contributed by atoms with Crippen molar-refractivity contribution in [3.05, 3.63) is 17.5 Å². The number of hydrogen-bond acceptors (Lipinski definition) is 4. The van der Waals surface area contributed by atoms with Crippen molar-refractivity contribution >= 4 is 11.8 Å². The van der Waals surface area contributed by atoms with Gasteiger partial charge in [-0.2, -0.15) is 16.9 Å². The summed E-state index contributed by atoms with van der Waals surface area (Å²) in [5.74, 6) is 7.86. The zero-order valence-electron chi connectivity index (χ0n) is 11.1. The largest absolute Gasteiger partial charge is 0.271 e. The summed E-state index contributed by atoms with van der Waals surface area (Å²) in [5, 5.41) is 4.45. The summed E-state index contributed by atoms with van der Waals surface area (Å²) in [7, 11) is 0. The number of thioether (sulfide) groups is 1. The van der Waals surface area contributed by atoms with E-state index in [0.29, 0.717) is 6.04 Å². The molecule has 0 fully saturated rings. The van der Waals surface area contributed by atoms with Crippen LogP contribution in [-0.4, -0.2) is 27.3 Å². The second-order valence-corrected chi connectivity index (χ2v) is 5.39. The predicted octanol–water partition coefficient (Wildman–Crippen LogP) is 1.73. The van der Waals surface area contributed by atoms with Gasteiger partial charge in [0, 0.05) is 30.5 Å². The van der Waals surface area contributed by atoms with E-state index < -0.39 is 0 Å². The van der Waals surface area contributed by atoms with Crippen LogP contribution in [0.3, 0.4) is 0 Å². The number of hydrogen-bond donors (Lipinski definition) is 2. The molecule has 1 heterocycles. The van der Waals surface area contributed by atoms with E-state index in [2.05, 4.69) is 35.1 Å². The third kappa shape index (κ3) is 4.69. The lowest BCUT2D eigenvalue weighted by Crippen LogP contribution is -2.39. The molecule has 1 rings (SSSR count). The lowest BCUT2D eigenvalue weighted by atomic mass is 10.2. The van der Waals surface area contributed by atoms with Crippen molar-refractivity contribution in [1.29, 1.82) is 0 Å². The smallest absolute Gasteiger partial charge is 0.0596 e. The highest BCUT2D eigenvalue weighted by Crippen LogP contribution is 2.11. The van der Waals surface area contributed by atoms with Gasteiger partial charge in [-0.05, 0) is 32.1 Å². The molecule has 0 saturated heterocycles. The summed E-state index contributed by atoms with van der Waals surface area (Å²) in [6, 6.07) is 2.48. The number of nitrogens with two attached hydrogens (primary N) is 1. The van der Waals surface area contributed by atoms with Gasteiger partial charge in [0.25, 0.3) is 0 Å². The van der Waals surface area contributed by atoms with Crippen LogP contribution in [0.5, 0.6) is 0 Å². The minimum Gasteiger partial charge on any atom is -0.271 e. The van der Waals surface area contributed by atoms with Gasteiger partial charge < -0.3 is 0 Å². The van der Waals surface area contributed by atoms with Gasteiger partial charge in [0.2, 0.25) is 0 Å². The number of aromatic nitrogens is 2. The van der Waals surface area contributed by atoms with E-state index >= 15 is 0 Å². The molecule has 5 heteroatoms. The number of nitrogens with one attached hydrogen (secondary N) is 1. The maximum atomic E-state index is 5.61. The average molecular weight is 256 g/mol. The van der Waals surface area contributed by atoms with Crippen LogP contribution in [0, 0.1) is 6.92 Å². The fraction of sp³-hybridized carbons (Fsp3) is 0.750. The van der Waals surface area contributed by atoms with Gasteiger partial charge in [-0.1, -0.05) is 6.92 Å². The van der Waals surface area contributed by atoms with Crippen LogP contribution < -0.4 is 11.3 Å². The highest BCUT2D eigenvalue weighted by molar-refractivity contribution is 7.99. The van der Waals surface area contributed by atoms with Gasteiger partial charge >= 0.3 is 0 Å². The van der Waals surface area contributed by atoms with E-state index in [1.165, 1.54) is 17.9 Å². The van der Waals surface area contributed by atoms with E-state index in [1.807, 2.05) is 18.7 Å². The van der Waals surface area contributed by atoms with Crippen molar-refractivity contribution < 1.29 is 0 Å². The molecular formula is C12H24N4S. The zero-order valence-corrected chi connectivity index (χ0v) is 11.9. The Morgan fingerprint density at radius 1 is 1.53 bits per heavy atom. The predicted molar refractivity (Wildman–Crippen MR) is 75.1 cm³/mol. The average Bonchev–Trinajstić information content (AvgIpc) is 2.68. The van der Waals surface area contributed by atoms with Crippen molar-refractivity contribution in [3.63, 3.8) is 0 Å². The van der Waals surface area contributed by atoms with Crippen molar-refractivity contribution in [2.75, 3.05) is 11.5 Å². The molecule has 3 N–H and O–H groups in total. The van der Waals surface area contributed by atoms with Gasteiger partial charge in [-0.25, -0.2) is 0 Å². The summed E-state index contributed by atoms with van der Waals surface area (Å²) >= 11 is 1.95. The van der Waals surface area contributed by atoms with Gasteiger partial charge in [0.1, 0.15) is 0 Å². The first kappa shape index (κ1) is 14.5. The van der Waals surface area contributed by atoms with E-state index in [1.54, 1.807) is 0 Å². The Hall–Kier alpha value is -0.520. The molecular weight excluding hydrogens is 232 g/mol. The van der Waals surface area contributed by atoms with E-state index in [9.17, 15) is 0 Å². The van der Waals surface area contributed by atoms with E-state index in [0.717, 1.165) is 24.4 Å². The van der Waals surface area contributed by atoms with Crippen molar-refractivity contribution in [3.8, 4) is 0 Å². The molecule has 0 saturated carbocycles. The lowest BCUT2D eigenvalue weighted by Gasteiger charge is -2.15. The first-order chi connectivity index (χ1) is 8.21. The van der Waals surface area contributed by atoms with Gasteiger partial charge in [-0.3, -0.25) is 16.0 Å². The highest BCUT2D eigenvalue weighted by Gasteiger charge is 2.12. The Morgan fingerprint density at radius 3 is 2.88 bits per heavy atom. The van der Waals surface area contributed by atoms with Gasteiger partial charge in [0.15, 0.2) is 0 Å². The van der Waals surface area contributed by atoms with Crippen LogP contribution >= 0.6 is 11.8 Å². The summed E-state index contributed by atoms with van der Waals surface area (Å²) < 4.78 is 2.06. The topological polar surface area (TPSA) is 55.9 Å². The monoisotopic (exact) mass is 256 g/mol. The number of nitrogens with zero attached hydrogens (tertiary/aromatic N) is 2. The third-order valence-corrected chi connectivity index (χ3v) is 3.98. The molecule has 1 aromatic heterocycles. The van der Waals surface area contributed by atoms with Crippen molar-refractivity contribution in [2.45, 2.75) is 46.2 Å². The molecule has 98 valence electrons. The third-order valence-electron chi connectivity index (χ3n) is 2.64. The first-order valence-corrected chi connectivity index (χ1v) is 7.43. The quantitative estimate of drug-likeness (QED) is 0.422. The molecule has 1 atom stereocenters. The van der Waals surface area contributed by atoms with Gasteiger partial charge in [-0.15, -0.1) is 0 Å². The fourth-order valence-electron chi connectivity index (χ4n) is 1.83. The first-order valence-electron chi connectivity index (χ1n) is 6.28. The van der Waals surface area contributed by atoms with Crippen LogP contribution in [0.25, 0.3) is 0 Å². The van der Waals surface area contributed by atoms with Gasteiger partial charge in [0.05, 0.1) is 5.69 Å². The number of aryl methyl sites for hydroxylation is 2. The zero-order chi connectivity index (χ0) is 12.7. The second kappa shape index (κ2) is 7.74. The summed E-state index contributed by atoms with van der Waals surface area (Å²) in [4.78, 5) is 0. The van der Waals surface area contributed by atoms with Crippen molar-refractivity contribution in [2.24, 2.45) is 5.84 Å². The lowest BCUT2D eigenvalue weighted by molar-refractivity contribution is 0.534. The molecule has 17 heavy (non-hydrogen) atoms. The highest BCUT2D eigenvalue weighted by atomic mass is 32.2. The van der Waals surface area contributed by atoms with Crippen molar-refractivity contribution in [1.82, 2.24) is 15.2 Å². The molecule has 0 amide bonds. The minimum absolute atomic E-state index is 0.327. The van der Waals surface area contributed by atoms with E-state index in [-0.39, 0.29) is 0 Å². The Balaban J connectivity index is 2.53. The molecule has 0 radical (unpaired) electrons. The summed E-state index contributed by atoms with van der Waals surface area (Å²) in [6.45, 7) is 7.27. The molecule has 1 aromatic rings. The molecule has 0 aromatic carbocycles. The number of rotatable bonds is 8. The molecule has 0 bridgehead atoms. The fourth-order valence-corrected chi connectivity index (χ4v) is 2.78. The van der Waals surface area contributed by atoms with Crippen LogP contribution in [0.2, 0.25) is 0 Å². The molecule has 4 nitrogen and oxygen atoms in total. The summed E-state index contributed by atoms with van der Waals surface area (Å²) in [5.41, 5.74) is 5.26. The van der Waals surface area contributed by atoms with Crippen LogP contribution in [0.15, 0.2) is 6.07 Å². The molecule has 0 spiro atoms. The Labute approximate surface area is 108 Å². The minimum atomic E-state index is 0.327. The molecule has 0 aliphatic carbocycles. The maximum Gasteiger partial charge on any atom is 0.0596 e. The van der Waals surface area contributed by atoms with Crippen LogP contribution in [0.4, 0.5) is 0 Å². The van der Waals surface area contributed by atoms with Crippen LogP contribution in [-0.2, 0) is 13.0 Å². The SMILES string of the molecule is CCCSCC(Cc1cc(C)nn1CC)NN. The van der Waals surface area contributed by atoms with Crippen LogP contribution in [0.1, 0.15) is 31.7 Å². The maximum absolute atomic E-state index is 5.61. The van der Waals surface area contributed by atoms with E-state index in [4.69, 9.17) is 5.84 Å². The standard InChI is InChI=1S/C12H24N4S/c1-4-6-17-9-11(14-13)8-12-7-10(3)15-16(12)5-2/h7,11,14H,4-6,8-9,13H2,1-3H3. The molecule has 0 aliphatic rings. The Morgan fingerprint density at radius 2 is 2.29 bits per heavy atom. The Kier molecular flexibility index (Phi) is 6.62. The second-order valence-electron chi connectivity index (χ2n) is 4.24. The Bertz CT molecular complexity index is 324. The number of hydrazine groups is 1.